The van der Waals surface area contributed by atoms with E-state index in [0.717, 1.165) is 10.5 Å². The number of aliphatic imine (C=N–C) groups is 1. The summed E-state index contributed by atoms with van der Waals surface area (Å²) in [7, 11) is 0. The zero-order valence-electron chi connectivity index (χ0n) is 26.7. The van der Waals surface area contributed by atoms with Crippen molar-refractivity contribution in [2.45, 2.75) is 90.2 Å². The lowest BCUT2D eigenvalue weighted by Crippen LogP contribution is -2.41. The largest absolute Gasteiger partial charge is 0.467 e. The third-order valence-electron chi connectivity index (χ3n) is 7.75. The van der Waals surface area contributed by atoms with Crippen molar-refractivity contribution in [2.24, 2.45) is 16.6 Å². The SMILES string of the molecule is Cc1cccc(C)c1C(C)/C=C1\N=C(/N)NSc2cccc(c2)C(=O)N[C@H](CC(C)C)C(c2ccc(C(C)(C)C)cc2)O1. The van der Waals surface area contributed by atoms with Crippen LogP contribution in [0, 0.1) is 19.8 Å². The Labute approximate surface area is 261 Å². The topological polar surface area (TPSA) is 88.7 Å². The Morgan fingerprint density at radius 3 is 2.28 bits per heavy atom. The Bertz CT molecular complexity index is 1470. The van der Waals surface area contributed by atoms with Gasteiger partial charge in [-0.1, -0.05) is 90.1 Å². The van der Waals surface area contributed by atoms with Crippen molar-refractivity contribution in [2.75, 3.05) is 0 Å². The number of benzene rings is 3. The fraction of sp³-hybridized carbons (Fsp3) is 0.389. The number of hydrogen-bond donors (Lipinski definition) is 3. The van der Waals surface area contributed by atoms with Gasteiger partial charge in [0.2, 0.25) is 11.8 Å². The third-order valence-corrected chi connectivity index (χ3v) is 8.55. The fourth-order valence-electron chi connectivity index (χ4n) is 5.60. The van der Waals surface area contributed by atoms with Crippen LogP contribution in [0.3, 0.4) is 0 Å². The van der Waals surface area contributed by atoms with Crippen LogP contribution < -0.4 is 15.8 Å². The van der Waals surface area contributed by atoms with Gasteiger partial charge in [0, 0.05) is 16.4 Å². The first-order valence-corrected chi connectivity index (χ1v) is 15.9. The van der Waals surface area contributed by atoms with E-state index < -0.39 is 6.10 Å². The number of guanidine groups is 1. The van der Waals surface area contributed by atoms with Gasteiger partial charge < -0.3 is 15.8 Å². The second-order valence-electron chi connectivity index (χ2n) is 12.9. The predicted molar refractivity (Wildman–Crippen MR) is 179 cm³/mol. The van der Waals surface area contributed by atoms with Gasteiger partial charge in [-0.25, -0.2) is 0 Å². The monoisotopic (exact) mass is 598 g/mol. The summed E-state index contributed by atoms with van der Waals surface area (Å²) in [6.45, 7) is 17.3. The van der Waals surface area contributed by atoms with Gasteiger partial charge in [-0.05, 0) is 95.6 Å². The van der Waals surface area contributed by atoms with Gasteiger partial charge in [0.15, 0.2) is 0 Å². The fourth-order valence-corrected chi connectivity index (χ4v) is 6.20. The molecule has 6 nitrogen and oxygen atoms in total. The van der Waals surface area contributed by atoms with Gasteiger partial charge in [0.1, 0.15) is 6.10 Å². The van der Waals surface area contributed by atoms with Gasteiger partial charge in [-0.2, -0.15) is 4.99 Å². The molecule has 3 aromatic rings. The van der Waals surface area contributed by atoms with Crippen LogP contribution in [0.25, 0.3) is 0 Å². The Morgan fingerprint density at radius 1 is 1.00 bits per heavy atom. The quantitative estimate of drug-likeness (QED) is 0.259. The second kappa shape index (κ2) is 13.7. The van der Waals surface area contributed by atoms with E-state index in [1.54, 1.807) is 0 Å². The van der Waals surface area contributed by atoms with Crippen LogP contribution in [0.1, 0.15) is 98.2 Å². The molecule has 228 valence electrons. The van der Waals surface area contributed by atoms with Gasteiger partial charge in [0.05, 0.1) is 6.04 Å². The molecule has 0 radical (unpaired) electrons. The Morgan fingerprint density at radius 2 is 1.65 bits per heavy atom. The molecular formula is C36H46N4O2S. The highest BCUT2D eigenvalue weighted by molar-refractivity contribution is 7.98. The average molecular weight is 599 g/mol. The first-order valence-electron chi connectivity index (χ1n) is 15.0. The van der Waals surface area contributed by atoms with E-state index in [0.29, 0.717) is 23.8 Å². The van der Waals surface area contributed by atoms with E-state index in [2.05, 4.69) is 108 Å². The number of amides is 1. The number of carbonyl (C=O) groups excluding carboxylic acids is 1. The zero-order chi connectivity index (χ0) is 31.3. The predicted octanol–water partition coefficient (Wildman–Crippen LogP) is 8.07. The minimum Gasteiger partial charge on any atom is -0.467 e. The highest BCUT2D eigenvalue weighted by Crippen LogP contribution is 2.33. The van der Waals surface area contributed by atoms with Gasteiger partial charge in [-0.15, -0.1) is 0 Å². The number of carbonyl (C=O) groups is 1. The summed E-state index contributed by atoms with van der Waals surface area (Å²) in [6, 6.07) is 22.0. The van der Waals surface area contributed by atoms with Crippen molar-refractivity contribution in [3.8, 4) is 0 Å². The highest BCUT2D eigenvalue weighted by Gasteiger charge is 2.30. The summed E-state index contributed by atoms with van der Waals surface area (Å²) in [5.41, 5.74) is 12.9. The van der Waals surface area contributed by atoms with Crippen LogP contribution in [0.15, 0.2) is 88.6 Å². The van der Waals surface area contributed by atoms with Crippen molar-refractivity contribution >= 4 is 23.8 Å². The molecule has 0 aliphatic carbocycles. The van der Waals surface area contributed by atoms with Crippen molar-refractivity contribution in [3.05, 3.63) is 112 Å². The van der Waals surface area contributed by atoms with E-state index in [-0.39, 0.29) is 29.2 Å². The van der Waals surface area contributed by atoms with Gasteiger partial charge >= 0.3 is 0 Å². The number of aryl methyl sites for hydroxylation is 2. The van der Waals surface area contributed by atoms with Crippen LogP contribution in [-0.2, 0) is 10.2 Å². The third kappa shape index (κ3) is 8.44. The smallest absolute Gasteiger partial charge is 0.251 e. The second-order valence-corrected chi connectivity index (χ2v) is 13.8. The molecule has 0 aromatic heterocycles. The number of nitrogens with one attached hydrogen (secondary N) is 2. The number of nitrogens with zero attached hydrogens (tertiary/aromatic N) is 1. The Kier molecular flexibility index (Phi) is 10.3. The van der Waals surface area contributed by atoms with Gasteiger partial charge in [-0.3, -0.25) is 9.52 Å². The molecule has 7 heteroatoms. The molecule has 3 aromatic carbocycles. The summed E-state index contributed by atoms with van der Waals surface area (Å²) >= 11 is 1.31. The first-order chi connectivity index (χ1) is 20.3. The van der Waals surface area contributed by atoms with Crippen molar-refractivity contribution in [1.82, 2.24) is 10.0 Å². The molecule has 2 unspecified atom stereocenters. The molecule has 43 heavy (non-hydrogen) atoms. The van der Waals surface area contributed by atoms with Crippen LogP contribution >= 0.6 is 11.9 Å². The van der Waals surface area contributed by atoms with Crippen LogP contribution in [0.2, 0.25) is 0 Å². The molecule has 2 bridgehead atoms. The van der Waals surface area contributed by atoms with E-state index >= 15 is 0 Å². The molecule has 4 N–H and O–H groups in total. The lowest BCUT2D eigenvalue weighted by atomic mass is 9.85. The van der Waals surface area contributed by atoms with Crippen molar-refractivity contribution < 1.29 is 9.53 Å². The standard InChI is InChI=1S/C36H46N4O2S/c1-22(2)19-30-33(26-15-17-28(18-16-26)36(6,7)8)42-31(20-25(5)32-23(3)11-9-12-24(32)4)39-35(37)40-43-29-14-10-13-27(21-29)34(41)38-30/h9-18,20-22,25,30,33H,19H2,1-8H3,(H,38,41)(H3,37,39,40)/b31-20+/t25?,30-,33?/m1/s1. The van der Waals surface area contributed by atoms with Crippen LogP contribution in [-0.4, -0.2) is 17.9 Å². The highest BCUT2D eigenvalue weighted by atomic mass is 32.2. The molecule has 1 heterocycles. The normalized spacial score (nSPS) is 20.9. The van der Waals surface area contributed by atoms with E-state index in [1.165, 1.54) is 34.2 Å². The molecule has 0 saturated carbocycles. The molecule has 0 fully saturated rings. The summed E-state index contributed by atoms with van der Waals surface area (Å²) in [4.78, 5) is 19.3. The molecule has 1 aliphatic heterocycles. The van der Waals surface area contributed by atoms with Gasteiger partial charge in [0.25, 0.3) is 5.91 Å². The summed E-state index contributed by atoms with van der Waals surface area (Å²) < 4.78 is 9.99. The Balaban J connectivity index is 1.87. The van der Waals surface area contributed by atoms with Crippen molar-refractivity contribution in [3.63, 3.8) is 0 Å². The molecule has 1 aliphatic rings. The summed E-state index contributed by atoms with van der Waals surface area (Å²) in [6.07, 6.45) is 2.23. The number of allylic oxidation sites excluding steroid dienone is 1. The zero-order valence-corrected chi connectivity index (χ0v) is 27.5. The Hall–Kier alpha value is -3.71. The number of hydrogen-bond acceptors (Lipinski definition) is 6. The first kappa shape index (κ1) is 32.2. The lowest BCUT2D eigenvalue weighted by molar-refractivity contribution is 0.0609. The molecule has 0 spiro atoms. The minimum atomic E-state index is -0.509. The number of rotatable bonds is 5. The van der Waals surface area contributed by atoms with E-state index in [9.17, 15) is 4.79 Å². The van der Waals surface area contributed by atoms with Crippen LogP contribution in [0.5, 0.6) is 0 Å². The lowest BCUT2D eigenvalue weighted by Gasteiger charge is -2.31. The van der Waals surface area contributed by atoms with Crippen LogP contribution in [0.4, 0.5) is 0 Å². The van der Waals surface area contributed by atoms with E-state index in [1.807, 2.05) is 30.3 Å². The number of fused-ring (bicyclic) bond motifs is 2. The molecular weight excluding hydrogens is 552 g/mol. The molecule has 0 saturated heterocycles. The van der Waals surface area contributed by atoms with Crippen molar-refractivity contribution in [1.29, 1.82) is 0 Å². The maximum Gasteiger partial charge on any atom is 0.251 e. The molecule has 4 rings (SSSR count). The minimum absolute atomic E-state index is 0.00755. The number of ether oxygens (including phenoxy) is 1. The summed E-state index contributed by atoms with van der Waals surface area (Å²) in [5, 5.41) is 3.32. The van der Waals surface area contributed by atoms with E-state index in [4.69, 9.17) is 15.5 Å². The average Bonchev–Trinajstić information content (AvgIpc) is 2.94. The summed E-state index contributed by atoms with van der Waals surface area (Å²) in [5.74, 6) is 0.790. The molecule has 3 atom stereocenters. The maximum absolute atomic E-state index is 13.7. The number of nitrogens with two attached hydrogens (primary N) is 1. The maximum atomic E-state index is 13.7. The molecule has 1 amide bonds.